The van der Waals surface area contributed by atoms with Crippen LogP contribution in [-0.4, -0.2) is 46.3 Å². The summed E-state index contributed by atoms with van der Waals surface area (Å²) in [5.41, 5.74) is 0. The van der Waals surface area contributed by atoms with Crippen molar-refractivity contribution >= 4 is 5.97 Å². The van der Waals surface area contributed by atoms with Gasteiger partial charge in [0.25, 0.3) is 0 Å². The quantitative estimate of drug-likeness (QED) is 0.728. The molecular formula is C11H21NO3. The number of likely N-dealkylation sites (tertiary alicyclic amines) is 1. The highest BCUT2D eigenvalue weighted by Crippen LogP contribution is 2.24. The van der Waals surface area contributed by atoms with Crippen molar-refractivity contribution in [2.24, 2.45) is 11.8 Å². The van der Waals surface area contributed by atoms with E-state index in [0.29, 0.717) is 6.54 Å². The zero-order valence-corrected chi connectivity index (χ0v) is 9.68. The number of hydrogen-bond donors (Lipinski definition) is 2. The van der Waals surface area contributed by atoms with E-state index in [9.17, 15) is 9.90 Å². The van der Waals surface area contributed by atoms with Gasteiger partial charge in [-0.05, 0) is 31.7 Å². The molecule has 1 heterocycles. The standard InChI is InChI=1S/C11H21NO3/c1-7(2)10(11(14)15)12-5-4-9(6-12)8(3)13/h7-10,13H,4-6H2,1-3H3,(H,14,15). The fourth-order valence-electron chi connectivity index (χ4n) is 2.32. The minimum Gasteiger partial charge on any atom is -0.480 e. The Kier molecular flexibility index (Phi) is 4.11. The third-order valence-electron chi connectivity index (χ3n) is 3.22. The molecule has 2 N–H and O–H groups in total. The molecule has 0 radical (unpaired) electrons. The van der Waals surface area contributed by atoms with Crippen molar-refractivity contribution in [1.82, 2.24) is 4.90 Å². The van der Waals surface area contributed by atoms with Crippen LogP contribution in [0, 0.1) is 11.8 Å². The lowest BCUT2D eigenvalue weighted by molar-refractivity contribution is -0.144. The lowest BCUT2D eigenvalue weighted by Gasteiger charge is -2.27. The molecule has 1 rings (SSSR count). The van der Waals surface area contributed by atoms with E-state index in [4.69, 9.17) is 5.11 Å². The number of hydrogen-bond acceptors (Lipinski definition) is 3. The topological polar surface area (TPSA) is 60.8 Å². The molecule has 0 aromatic heterocycles. The van der Waals surface area contributed by atoms with Gasteiger partial charge in [0, 0.05) is 6.54 Å². The minimum absolute atomic E-state index is 0.107. The maximum Gasteiger partial charge on any atom is 0.321 e. The molecule has 3 atom stereocenters. The summed E-state index contributed by atoms with van der Waals surface area (Å²) in [6.07, 6.45) is 0.561. The van der Waals surface area contributed by atoms with Gasteiger partial charge in [-0.25, -0.2) is 0 Å². The molecule has 4 nitrogen and oxygen atoms in total. The molecule has 88 valence electrons. The van der Waals surface area contributed by atoms with Crippen LogP contribution >= 0.6 is 0 Å². The van der Waals surface area contributed by atoms with Gasteiger partial charge in [0.15, 0.2) is 0 Å². The van der Waals surface area contributed by atoms with E-state index in [-0.39, 0.29) is 17.9 Å². The van der Waals surface area contributed by atoms with Crippen LogP contribution in [0.2, 0.25) is 0 Å². The Labute approximate surface area is 90.9 Å². The van der Waals surface area contributed by atoms with Gasteiger partial charge < -0.3 is 10.2 Å². The molecule has 0 aromatic carbocycles. The summed E-state index contributed by atoms with van der Waals surface area (Å²) < 4.78 is 0. The molecule has 1 aliphatic rings. The largest absolute Gasteiger partial charge is 0.480 e. The Hall–Kier alpha value is -0.610. The summed E-state index contributed by atoms with van der Waals surface area (Å²) in [7, 11) is 0. The van der Waals surface area contributed by atoms with Crippen molar-refractivity contribution in [3.05, 3.63) is 0 Å². The maximum absolute atomic E-state index is 11.1. The summed E-state index contributed by atoms with van der Waals surface area (Å²) >= 11 is 0. The van der Waals surface area contributed by atoms with Gasteiger partial charge in [0.2, 0.25) is 0 Å². The first-order valence-electron chi connectivity index (χ1n) is 5.58. The van der Waals surface area contributed by atoms with Crippen LogP contribution in [0.3, 0.4) is 0 Å². The van der Waals surface area contributed by atoms with Gasteiger partial charge in [0.1, 0.15) is 6.04 Å². The van der Waals surface area contributed by atoms with Crippen LogP contribution in [0.4, 0.5) is 0 Å². The van der Waals surface area contributed by atoms with Crippen molar-refractivity contribution in [2.45, 2.75) is 39.3 Å². The van der Waals surface area contributed by atoms with Gasteiger partial charge >= 0.3 is 5.97 Å². The predicted molar refractivity (Wildman–Crippen MR) is 57.6 cm³/mol. The number of carboxylic acids is 1. The van der Waals surface area contributed by atoms with Crippen LogP contribution in [0.15, 0.2) is 0 Å². The number of carbonyl (C=O) groups is 1. The molecule has 1 fully saturated rings. The van der Waals surface area contributed by atoms with Gasteiger partial charge in [0.05, 0.1) is 6.10 Å². The molecule has 0 saturated carbocycles. The van der Waals surface area contributed by atoms with Gasteiger partial charge in [-0.15, -0.1) is 0 Å². The van der Waals surface area contributed by atoms with Crippen molar-refractivity contribution in [3.8, 4) is 0 Å². The minimum atomic E-state index is -0.753. The van der Waals surface area contributed by atoms with Crippen molar-refractivity contribution in [1.29, 1.82) is 0 Å². The number of carboxylic acid groups (broad SMARTS) is 1. The lowest BCUT2D eigenvalue weighted by Crippen LogP contribution is -2.43. The smallest absolute Gasteiger partial charge is 0.321 e. The van der Waals surface area contributed by atoms with E-state index in [0.717, 1.165) is 13.0 Å². The SMILES string of the molecule is CC(C)C(C(=O)O)N1CCC(C(C)O)C1. The Balaban J connectivity index is 2.61. The monoisotopic (exact) mass is 215 g/mol. The van der Waals surface area contributed by atoms with Gasteiger partial charge in [-0.3, -0.25) is 9.69 Å². The number of aliphatic carboxylic acids is 1. The van der Waals surface area contributed by atoms with Crippen LogP contribution in [0.5, 0.6) is 0 Å². The zero-order valence-electron chi connectivity index (χ0n) is 9.68. The molecule has 3 unspecified atom stereocenters. The Morgan fingerprint density at radius 1 is 1.40 bits per heavy atom. The van der Waals surface area contributed by atoms with Crippen LogP contribution in [0.25, 0.3) is 0 Å². The van der Waals surface area contributed by atoms with Gasteiger partial charge in [-0.2, -0.15) is 0 Å². The molecule has 4 heteroatoms. The molecule has 0 bridgehead atoms. The van der Waals surface area contributed by atoms with E-state index in [2.05, 4.69) is 0 Å². The Morgan fingerprint density at radius 3 is 2.33 bits per heavy atom. The number of rotatable bonds is 4. The number of aliphatic hydroxyl groups excluding tert-OH is 1. The van der Waals surface area contributed by atoms with E-state index in [1.807, 2.05) is 18.7 Å². The van der Waals surface area contributed by atoms with Gasteiger partial charge in [-0.1, -0.05) is 13.8 Å². The summed E-state index contributed by atoms with van der Waals surface area (Å²) in [5, 5.41) is 18.6. The van der Waals surface area contributed by atoms with Crippen LogP contribution < -0.4 is 0 Å². The molecule has 0 aromatic rings. The lowest BCUT2D eigenvalue weighted by atomic mass is 10.0. The number of nitrogens with zero attached hydrogens (tertiary/aromatic N) is 1. The molecule has 15 heavy (non-hydrogen) atoms. The molecule has 1 saturated heterocycles. The molecule has 0 aliphatic carbocycles. The summed E-state index contributed by atoms with van der Waals surface area (Å²) in [6, 6.07) is -0.409. The second-order valence-electron chi connectivity index (χ2n) is 4.81. The van der Waals surface area contributed by atoms with E-state index in [1.54, 1.807) is 6.92 Å². The highest BCUT2D eigenvalue weighted by molar-refractivity contribution is 5.73. The maximum atomic E-state index is 11.1. The van der Waals surface area contributed by atoms with E-state index >= 15 is 0 Å². The van der Waals surface area contributed by atoms with E-state index < -0.39 is 12.0 Å². The number of aliphatic hydroxyl groups is 1. The normalized spacial score (nSPS) is 26.9. The Bertz CT molecular complexity index is 228. The van der Waals surface area contributed by atoms with E-state index in [1.165, 1.54) is 0 Å². The average molecular weight is 215 g/mol. The molecular weight excluding hydrogens is 194 g/mol. The fourth-order valence-corrected chi connectivity index (χ4v) is 2.32. The molecule has 0 spiro atoms. The highest BCUT2D eigenvalue weighted by Gasteiger charge is 2.35. The second-order valence-corrected chi connectivity index (χ2v) is 4.81. The highest BCUT2D eigenvalue weighted by atomic mass is 16.4. The first-order valence-corrected chi connectivity index (χ1v) is 5.58. The third-order valence-corrected chi connectivity index (χ3v) is 3.22. The molecule has 0 amide bonds. The summed E-state index contributed by atoms with van der Waals surface area (Å²) in [5.74, 6) is -0.419. The first kappa shape index (κ1) is 12.5. The van der Waals surface area contributed by atoms with Crippen molar-refractivity contribution < 1.29 is 15.0 Å². The Morgan fingerprint density at radius 2 is 2.00 bits per heavy atom. The predicted octanol–water partition coefficient (Wildman–Crippen LogP) is 0.798. The summed E-state index contributed by atoms with van der Waals surface area (Å²) in [4.78, 5) is 13.1. The van der Waals surface area contributed by atoms with Crippen LogP contribution in [-0.2, 0) is 4.79 Å². The first-order chi connectivity index (χ1) is 6.93. The zero-order chi connectivity index (χ0) is 11.6. The van der Waals surface area contributed by atoms with Crippen molar-refractivity contribution in [2.75, 3.05) is 13.1 Å². The van der Waals surface area contributed by atoms with Crippen LogP contribution in [0.1, 0.15) is 27.2 Å². The summed E-state index contributed by atoms with van der Waals surface area (Å²) in [6.45, 7) is 7.11. The third kappa shape index (κ3) is 2.92. The fraction of sp³-hybridized carbons (Fsp3) is 0.909. The molecule has 1 aliphatic heterocycles. The van der Waals surface area contributed by atoms with Crippen molar-refractivity contribution in [3.63, 3.8) is 0 Å². The average Bonchev–Trinajstić information content (AvgIpc) is 2.51. The second kappa shape index (κ2) is 4.94.